The smallest absolute Gasteiger partial charge is 0.244 e. The lowest BCUT2D eigenvalue weighted by Gasteiger charge is -2.20. The van der Waals surface area contributed by atoms with Crippen molar-refractivity contribution < 1.29 is 8.42 Å². The zero-order valence-corrected chi connectivity index (χ0v) is 14.0. The lowest BCUT2D eigenvalue weighted by atomic mass is 10.1. The fourth-order valence-electron chi connectivity index (χ4n) is 1.51. The number of thiophene rings is 1. The largest absolute Gasteiger partial charge is 0.326 e. The molecule has 0 bridgehead atoms. The van der Waals surface area contributed by atoms with Crippen LogP contribution in [-0.4, -0.2) is 26.3 Å². The Bertz CT molecular complexity index is 499. The number of nitrogens with zero attached hydrogens (tertiary/aromatic N) is 1. The normalized spacial score (nSPS) is 14.1. The number of halogens is 1. The van der Waals surface area contributed by atoms with E-state index in [1.165, 1.54) is 15.6 Å². The van der Waals surface area contributed by atoms with Crippen LogP contribution in [0.1, 0.15) is 25.1 Å². The molecule has 0 amide bonds. The van der Waals surface area contributed by atoms with Crippen LogP contribution >= 0.6 is 27.3 Å². The van der Waals surface area contributed by atoms with Crippen LogP contribution in [0.25, 0.3) is 0 Å². The van der Waals surface area contributed by atoms with E-state index >= 15 is 0 Å². The number of nitrogens with two attached hydrogens (primary N) is 1. The maximum absolute atomic E-state index is 12.4. The average molecular weight is 355 g/mol. The third-order valence-electron chi connectivity index (χ3n) is 2.86. The molecule has 0 aliphatic rings. The van der Waals surface area contributed by atoms with Crippen molar-refractivity contribution >= 4 is 37.3 Å². The highest BCUT2D eigenvalue weighted by molar-refractivity contribution is 9.11. The summed E-state index contributed by atoms with van der Waals surface area (Å²) in [4.78, 5) is 1.18. The van der Waals surface area contributed by atoms with E-state index in [-0.39, 0.29) is 0 Å². The van der Waals surface area contributed by atoms with Gasteiger partial charge in [-0.3, -0.25) is 0 Å². The van der Waals surface area contributed by atoms with Gasteiger partial charge in [0.1, 0.15) is 4.90 Å². The summed E-state index contributed by atoms with van der Waals surface area (Å²) in [7, 11) is -1.80. The zero-order chi connectivity index (χ0) is 13.9. The van der Waals surface area contributed by atoms with Gasteiger partial charge in [0, 0.05) is 25.0 Å². The van der Waals surface area contributed by atoms with Crippen molar-refractivity contribution in [1.82, 2.24) is 4.31 Å². The second kappa shape index (κ2) is 6.47. The van der Waals surface area contributed by atoms with Crippen LogP contribution in [0.15, 0.2) is 14.7 Å². The molecule has 0 radical (unpaired) electrons. The minimum absolute atomic E-state index is 0.318. The van der Waals surface area contributed by atoms with E-state index in [0.29, 0.717) is 27.7 Å². The Hall–Kier alpha value is 0.0500. The van der Waals surface area contributed by atoms with Crippen molar-refractivity contribution in [2.75, 3.05) is 13.6 Å². The van der Waals surface area contributed by atoms with Gasteiger partial charge in [0.05, 0.1) is 3.79 Å². The standard InChI is InChI=1S/C11H19BrN2O2S2/c1-4-8(2)7-14(3)18(15,16)10-5-9(6-13)17-11(10)12/h5,8H,4,6-7,13H2,1-3H3. The highest BCUT2D eigenvalue weighted by Crippen LogP contribution is 2.33. The van der Waals surface area contributed by atoms with Gasteiger partial charge in [0.2, 0.25) is 10.0 Å². The molecule has 0 fully saturated rings. The molecule has 1 aromatic rings. The Morgan fingerprint density at radius 3 is 2.61 bits per heavy atom. The first-order valence-electron chi connectivity index (χ1n) is 5.77. The van der Waals surface area contributed by atoms with Crippen molar-refractivity contribution in [3.05, 3.63) is 14.7 Å². The molecule has 1 heterocycles. The molecule has 0 saturated carbocycles. The van der Waals surface area contributed by atoms with E-state index in [4.69, 9.17) is 5.73 Å². The summed E-state index contributed by atoms with van der Waals surface area (Å²) in [5.41, 5.74) is 5.53. The molecule has 0 aliphatic heterocycles. The second-order valence-corrected chi connectivity index (χ2v) is 8.82. The first-order chi connectivity index (χ1) is 8.32. The molecule has 0 aromatic carbocycles. The Labute approximate surface area is 121 Å². The van der Waals surface area contributed by atoms with Gasteiger partial charge in [-0.05, 0) is 27.9 Å². The average Bonchev–Trinajstić information content (AvgIpc) is 2.70. The van der Waals surface area contributed by atoms with Crippen molar-refractivity contribution in [3.63, 3.8) is 0 Å². The number of rotatable bonds is 6. The number of hydrogen-bond donors (Lipinski definition) is 1. The molecule has 18 heavy (non-hydrogen) atoms. The van der Waals surface area contributed by atoms with Gasteiger partial charge >= 0.3 is 0 Å². The summed E-state index contributed by atoms with van der Waals surface area (Å²) in [5, 5.41) is 0. The van der Waals surface area contributed by atoms with Crippen LogP contribution in [0.2, 0.25) is 0 Å². The Kier molecular flexibility index (Phi) is 5.79. The molecular weight excluding hydrogens is 336 g/mol. The van der Waals surface area contributed by atoms with Crippen LogP contribution < -0.4 is 5.73 Å². The summed E-state index contributed by atoms with van der Waals surface area (Å²) < 4.78 is 26.8. The molecule has 7 heteroatoms. The van der Waals surface area contributed by atoms with Crippen LogP contribution in [-0.2, 0) is 16.6 Å². The monoisotopic (exact) mass is 354 g/mol. The van der Waals surface area contributed by atoms with E-state index in [2.05, 4.69) is 22.9 Å². The van der Waals surface area contributed by atoms with Crippen LogP contribution in [0.4, 0.5) is 0 Å². The first-order valence-corrected chi connectivity index (χ1v) is 8.82. The zero-order valence-electron chi connectivity index (χ0n) is 10.8. The topological polar surface area (TPSA) is 63.4 Å². The van der Waals surface area contributed by atoms with Gasteiger partial charge in [-0.2, -0.15) is 0 Å². The van der Waals surface area contributed by atoms with Crippen molar-refractivity contribution in [3.8, 4) is 0 Å². The molecule has 1 atom stereocenters. The summed E-state index contributed by atoms with van der Waals surface area (Å²) in [6.45, 7) is 4.98. The lowest BCUT2D eigenvalue weighted by molar-refractivity contribution is 0.393. The Balaban J connectivity index is 3.01. The molecule has 1 aromatic heterocycles. The summed E-state index contributed by atoms with van der Waals surface area (Å²) in [6.07, 6.45) is 0.957. The van der Waals surface area contributed by atoms with Gasteiger partial charge < -0.3 is 5.73 Å². The van der Waals surface area contributed by atoms with Crippen molar-refractivity contribution in [1.29, 1.82) is 0 Å². The molecule has 1 unspecified atom stereocenters. The van der Waals surface area contributed by atoms with E-state index in [0.717, 1.165) is 11.3 Å². The predicted octanol–water partition coefficient (Wildman–Crippen LogP) is 2.64. The summed E-state index contributed by atoms with van der Waals surface area (Å²) >= 11 is 4.67. The lowest BCUT2D eigenvalue weighted by Crippen LogP contribution is -2.31. The third kappa shape index (κ3) is 3.54. The molecular formula is C11H19BrN2O2S2. The van der Waals surface area contributed by atoms with Gasteiger partial charge in [-0.25, -0.2) is 12.7 Å². The van der Waals surface area contributed by atoms with Gasteiger partial charge in [0.25, 0.3) is 0 Å². The number of sulfonamides is 1. The first kappa shape index (κ1) is 16.1. The van der Waals surface area contributed by atoms with Crippen LogP contribution in [0.5, 0.6) is 0 Å². The van der Waals surface area contributed by atoms with Crippen LogP contribution in [0, 0.1) is 5.92 Å². The maximum Gasteiger partial charge on any atom is 0.244 e. The minimum atomic E-state index is -3.42. The molecule has 0 aliphatic carbocycles. The Morgan fingerprint density at radius 1 is 1.56 bits per heavy atom. The van der Waals surface area contributed by atoms with Crippen molar-refractivity contribution in [2.24, 2.45) is 11.7 Å². The fourth-order valence-corrected chi connectivity index (χ4v) is 5.31. The highest BCUT2D eigenvalue weighted by Gasteiger charge is 2.26. The number of hydrogen-bond acceptors (Lipinski definition) is 4. The SMILES string of the molecule is CCC(C)CN(C)S(=O)(=O)c1cc(CN)sc1Br. The second-order valence-electron chi connectivity index (χ2n) is 4.35. The molecule has 4 nitrogen and oxygen atoms in total. The molecule has 0 spiro atoms. The predicted molar refractivity (Wildman–Crippen MR) is 79.2 cm³/mol. The van der Waals surface area contributed by atoms with E-state index in [1.54, 1.807) is 13.1 Å². The fraction of sp³-hybridized carbons (Fsp3) is 0.636. The molecule has 104 valence electrons. The molecule has 2 N–H and O–H groups in total. The maximum atomic E-state index is 12.4. The molecule has 1 rings (SSSR count). The van der Waals surface area contributed by atoms with E-state index in [1.807, 2.05) is 6.92 Å². The van der Waals surface area contributed by atoms with Crippen molar-refractivity contribution in [2.45, 2.75) is 31.7 Å². The summed E-state index contributed by atoms with van der Waals surface area (Å²) in [6, 6.07) is 1.65. The van der Waals surface area contributed by atoms with Gasteiger partial charge in [-0.15, -0.1) is 11.3 Å². The molecule has 0 saturated heterocycles. The summed E-state index contributed by atoms with van der Waals surface area (Å²) in [5.74, 6) is 0.344. The Morgan fingerprint density at radius 2 is 2.17 bits per heavy atom. The van der Waals surface area contributed by atoms with E-state index < -0.39 is 10.0 Å². The van der Waals surface area contributed by atoms with Gasteiger partial charge in [-0.1, -0.05) is 20.3 Å². The van der Waals surface area contributed by atoms with Crippen LogP contribution in [0.3, 0.4) is 0 Å². The van der Waals surface area contributed by atoms with Gasteiger partial charge in [0.15, 0.2) is 0 Å². The highest BCUT2D eigenvalue weighted by atomic mass is 79.9. The van der Waals surface area contributed by atoms with E-state index in [9.17, 15) is 8.42 Å². The minimum Gasteiger partial charge on any atom is -0.326 e. The quantitative estimate of drug-likeness (QED) is 0.853. The third-order valence-corrected chi connectivity index (χ3v) is 6.96.